The van der Waals surface area contributed by atoms with Crippen molar-refractivity contribution in [2.75, 3.05) is 18.0 Å². The first-order valence-electron chi connectivity index (χ1n) is 6.70. The van der Waals surface area contributed by atoms with E-state index in [0.29, 0.717) is 5.56 Å². The summed E-state index contributed by atoms with van der Waals surface area (Å²) in [6.45, 7) is 9.60. The van der Waals surface area contributed by atoms with Crippen molar-refractivity contribution < 1.29 is 9.94 Å². The average molecular weight is 278 g/mol. The molecule has 20 heavy (non-hydrogen) atoms. The number of nitrogens with two attached hydrogens (primary N) is 1. The highest BCUT2D eigenvalue weighted by Crippen LogP contribution is 2.25. The van der Waals surface area contributed by atoms with E-state index in [1.54, 1.807) is 6.07 Å². The molecule has 1 atom stereocenters. The number of rotatable bonds is 2. The Bertz CT molecular complexity index is 528. The van der Waals surface area contributed by atoms with Gasteiger partial charge in [0.1, 0.15) is 5.82 Å². The van der Waals surface area contributed by atoms with Crippen LogP contribution in [0, 0.1) is 6.92 Å². The molecule has 1 saturated heterocycles. The predicted molar refractivity (Wildman–Crippen MR) is 78.3 cm³/mol. The highest BCUT2D eigenvalue weighted by molar-refractivity contribution is 5.97. The lowest BCUT2D eigenvalue weighted by molar-refractivity contribution is -0.0751. The van der Waals surface area contributed by atoms with Gasteiger partial charge in [0.15, 0.2) is 5.84 Å². The molecular weight excluding hydrogens is 256 g/mol. The van der Waals surface area contributed by atoms with Gasteiger partial charge in [-0.05, 0) is 39.8 Å². The lowest BCUT2D eigenvalue weighted by Crippen LogP contribution is -2.52. The van der Waals surface area contributed by atoms with Gasteiger partial charge >= 0.3 is 0 Å². The van der Waals surface area contributed by atoms with E-state index in [2.05, 4.69) is 28.9 Å². The summed E-state index contributed by atoms with van der Waals surface area (Å²) in [6, 6.07) is 3.64. The predicted octanol–water partition coefficient (Wildman–Crippen LogP) is 1.49. The third kappa shape index (κ3) is 3.19. The van der Waals surface area contributed by atoms with Crippen molar-refractivity contribution in [3.63, 3.8) is 0 Å². The van der Waals surface area contributed by atoms with Crippen LogP contribution in [0.3, 0.4) is 0 Å². The van der Waals surface area contributed by atoms with Crippen molar-refractivity contribution in [1.82, 2.24) is 4.98 Å². The van der Waals surface area contributed by atoms with Crippen LogP contribution < -0.4 is 10.6 Å². The zero-order chi connectivity index (χ0) is 14.9. The minimum Gasteiger partial charge on any atom is -0.409 e. The van der Waals surface area contributed by atoms with Crippen molar-refractivity contribution >= 4 is 11.7 Å². The molecule has 0 amide bonds. The van der Waals surface area contributed by atoms with Gasteiger partial charge in [0.05, 0.1) is 11.7 Å². The van der Waals surface area contributed by atoms with Gasteiger partial charge in [-0.15, -0.1) is 0 Å². The molecule has 0 aromatic carbocycles. The summed E-state index contributed by atoms with van der Waals surface area (Å²) in [5.41, 5.74) is 6.96. The summed E-state index contributed by atoms with van der Waals surface area (Å²) >= 11 is 0. The minimum atomic E-state index is -0.222. The Labute approximate surface area is 119 Å². The number of anilines is 1. The highest BCUT2D eigenvalue weighted by Gasteiger charge is 2.32. The number of aryl methyl sites for hydroxylation is 1. The molecule has 2 rings (SSSR count). The van der Waals surface area contributed by atoms with Crippen LogP contribution in [0.4, 0.5) is 5.82 Å². The smallest absolute Gasteiger partial charge is 0.170 e. The SMILES string of the molecule is Cc1cc(/C(N)=N/O)cc(N2CC(C)OC(C)(C)C2)n1. The summed E-state index contributed by atoms with van der Waals surface area (Å²) in [4.78, 5) is 6.73. The number of pyridine rings is 1. The van der Waals surface area contributed by atoms with Gasteiger partial charge in [-0.25, -0.2) is 4.98 Å². The van der Waals surface area contributed by atoms with E-state index in [-0.39, 0.29) is 17.5 Å². The first-order chi connectivity index (χ1) is 9.30. The van der Waals surface area contributed by atoms with E-state index < -0.39 is 0 Å². The van der Waals surface area contributed by atoms with Gasteiger partial charge in [0, 0.05) is 24.3 Å². The number of hydrogen-bond donors (Lipinski definition) is 2. The number of morpholine rings is 1. The Balaban J connectivity index is 2.35. The van der Waals surface area contributed by atoms with Crippen molar-refractivity contribution in [3.05, 3.63) is 23.4 Å². The number of hydrogen-bond acceptors (Lipinski definition) is 5. The topological polar surface area (TPSA) is 84.0 Å². The van der Waals surface area contributed by atoms with Crippen molar-refractivity contribution in [2.45, 2.75) is 39.4 Å². The van der Waals surface area contributed by atoms with Crippen molar-refractivity contribution in [2.24, 2.45) is 10.9 Å². The summed E-state index contributed by atoms with van der Waals surface area (Å²) in [5.74, 6) is 0.923. The van der Waals surface area contributed by atoms with E-state index >= 15 is 0 Å². The molecular formula is C14H22N4O2. The molecule has 0 spiro atoms. The van der Waals surface area contributed by atoms with Gasteiger partial charge in [0.2, 0.25) is 0 Å². The lowest BCUT2D eigenvalue weighted by Gasteiger charge is -2.42. The second-order valence-electron chi connectivity index (χ2n) is 5.91. The van der Waals surface area contributed by atoms with E-state index in [1.165, 1.54) is 0 Å². The minimum absolute atomic E-state index is 0.0947. The molecule has 0 bridgehead atoms. The van der Waals surface area contributed by atoms with Crippen LogP contribution in [0.1, 0.15) is 32.0 Å². The van der Waals surface area contributed by atoms with Crippen LogP contribution in [0.2, 0.25) is 0 Å². The normalized spacial score (nSPS) is 22.9. The number of amidine groups is 1. The number of oxime groups is 1. The molecule has 0 radical (unpaired) electrons. The van der Waals surface area contributed by atoms with Crippen LogP contribution in [0.15, 0.2) is 17.3 Å². The molecule has 110 valence electrons. The second-order valence-corrected chi connectivity index (χ2v) is 5.91. The fourth-order valence-electron chi connectivity index (χ4n) is 2.65. The van der Waals surface area contributed by atoms with Crippen molar-refractivity contribution in [1.29, 1.82) is 0 Å². The fourth-order valence-corrected chi connectivity index (χ4v) is 2.65. The van der Waals surface area contributed by atoms with Crippen LogP contribution in [0.5, 0.6) is 0 Å². The highest BCUT2D eigenvalue weighted by atomic mass is 16.5. The maximum absolute atomic E-state index is 8.81. The van der Waals surface area contributed by atoms with Gasteiger partial charge in [0.25, 0.3) is 0 Å². The van der Waals surface area contributed by atoms with E-state index in [9.17, 15) is 0 Å². The third-order valence-corrected chi connectivity index (χ3v) is 3.24. The quantitative estimate of drug-likeness (QED) is 0.370. The largest absolute Gasteiger partial charge is 0.409 e. The molecule has 1 aliphatic heterocycles. The second kappa shape index (κ2) is 5.28. The summed E-state index contributed by atoms with van der Waals surface area (Å²) in [5, 5.41) is 11.9. The zero-order valence-corrected chi connectivity index (χ0v) is 12.4. The first-order valence-corrected chi connectivity index (χ1v) is 6.70. The Kier molecular flexibility index (Phi) is 3.85. The summed E-state index contributed by atoms with van der Waals surface area (Å²) < 4.78 is 5.90. The van der Waals surface area contributed by atoms with E-state index in [1.807, 2.05) is 19.9 Å². The molecule has 1 aliphatic rings. The molecule has 1 aromatic rings. The van der Waals surface area contributed by atoms with Crippen LogP contribution >= 0.6 is 0 Å². The number of nitrogens with zero attached hydrogens (tertiary/aromatic N) is 3. The van der Waals surface area contributed by atoms with Gasteiger partial charge in [-0.1, -0.05) is 5.16 Å². The maximum Gasteiger partial charge on any atom is 0.170 e. The molecule has 1 unspecified atom stereocenters. The molecule has 1 aromatic heterocycles. The van der Waals surface area contributed by atoms with E-state index in [0.717, 1.165) is 24.6 Å². The van der Waals surface area contributed by atoms with Gasteiger partial charge in [-0.2, -0.15) is 0 Å². The Morgan fingerprint density at radius 1 is 1.55 bits per heavy atom. The average Bonchev–Trinajstić information content (AvgIpc) is 2.34. The van der Waals surface area contributed by atoms with E-state index in [4.69, 9.17) is 15.7 Å². The molecule has 0 saturated carbocycles. The molecule has 6 nitrogen and oxygen atoms in total. The summed E-state index contributed by atoms with van der Waals surface area (Å²) in [6.07, 6.45) is 0.133. The lowest BCUT2D eigenvalue weighted by atomic mass is 10.1. The maximum atomic E-state index is 8.81. The Hall–Kier alpha value is -1.82. The van der Waals surface area contributed by atoms with Crippen LogP contribution in [0.25, 0.3) is 0 Å². The molecule has 3 N–H and O–H groups in total. The molecule has 2 heterocycles. The number of ether oxygens (including phenoxy) is 1. The molecule has 0 aliphatic carbocycles. The van der Waals surface area contributed by atoms with Crippen molar-refractivity contribution in [3.8, 4) is 0 Å². The first kappa shape index (κ1) is 14.6. The molecule has 1 fully saturated rings. The van der Waals surface area contributed by atoms with Gasteiger partial charge in [-0.3, -0.25) is 0 Å². The fraction of sp³-hybridized carbons (Fsp3) is 0.571. The van der Waals surface area contributed by atoms with Gasteiger partial charge < -0.3 is 20.6 Å². The number of aromatic nitrogens is 1. The summed E-state index contributed by atoms with van der Waals surface area (Å²) in [7, 11) is 0. The Morgan fingerprint density at radius 2 is 2.25 bits per heavy atom. The van der Waals surface area contributed by atoms with Crippen LogP contribution in [-0.2, 0) is 4.74 Å². The monoisotopic (exact) mass is 278 g/mol. The standard InChI is InChI=1S/C14H22N4O2/c1-9-5-11(13(15)17-19)6-12(16-9)18-7-10(2)20-14(3,4)8-18/h5-6,10,19H,7-8H2,1-4H3,(H2,15,17). The molecule has 6 heteroatoms. The Morgan fingerprint density at radius 3 is 2.85 bits per heavy atom. The zero-order valence-electron chi connectivity index (χ0n) is 12.4. The third-order valence-electron chi connectivity index (χ3n) is 3.24. The van der Waals surface area contributed by atoms with Crippen LogP contribution in [-0.4, -0.2) is 40.8 Å².